The van der Waals surface area contributed by atoms with E-state index in [4.69, 9.17) is 34.8 Å². The molecule has 2 aromatic carbocycles. The quantitative estimate of drug-likeness (QED) is 0.478. The summed E-state index contributed by atoms with van der Waals surface area (Å²) in [6, 6.07) is 8.61. The number of carbonyl (C=O) groups is 3. The summed E-state index contributed by atoms with van der Waals surface area (Å²) in [4.78, 5) is 44.0. The third-order valence-corrected chi connectivity index (χ3v) is 11.1. The smallest absolute Gasteiger partial charge is 0.248 e. The number of piperazine rings is 1. The summed E-state index contributed by atoms with van der Waals surface area (Å²) >= 11 is 18.7. The van der Waals surface area contributed by atoms with Crippen LogP contribution < -0.4 is 5.32 Å². The van der Waals surface area contributed by atoms with E-state index in [1.807, 2.05) is 13.8 Å². The second-order valence-corrected chi connectivity index (χ2v) is 14.5. The molecule has 0 bridgehead atoms. The van der Waals surface area contributed by atoms with Crippen molar-refractivity contribution >= 4 is 62.5 Å². The van der Waals surface area contributed by atoms with E-state index in [1.165, 1.54) is 27.4 Å². The number of halogens is 3. The molecule has 9 nitrogen and oxygen atoms in total. The predicted molar refractivity (Wildman–Crippen MR) is 161 cm³/mol. The fourth-order valence-corrected chi connectivity index (χ4v) is 8.70. The van der Waals surface area contributed by atoms with Gasteiger partial charge >= 0.3 is 0 Å². The monoisotopic (exact) mass is 654 g/mol. The number of carbonyl (C=O) groups excluding carboxylic acids is 3. The summed E-state index contributed by atoms with van der Waals surface area (Å²) in [5.41, 5.74) is 0.713. The van der Waals surface area contributed by atoms with Crippen LogP contribution in [0.25, 0.3) is 0 Å². The molecule has 42 heavy (non-hydrogen) atoms. The molecule has 3 atom stereocenters. The molecule has 2 saturated heterocycles. The minimum atomic E-state index is -4.32. The molecule has 2 heterocycles. The number of rotatable bonds is 7. The Kier molecular flexibility index (Phi) is 9.11. The first kappa shape index (κ1) is 31.1. The highest BCUT2D eigenvalue weighted by atomic mass is 35.5. The Morgan fingerprint density at radius 1 is 0.976 bits per heavy atom. The largest absolute Gasteiger partial charge is 0.343 e. The molecular weight excluding hydrogens is 623 g/mol. The van der Waals surface area contributed by atoms with Gasteiger partial charge < -0.3 is 15.1 Å². The number of nitrogens with one attached hydrogen (secondary N) is 1. The molecule has 1 saturated carbocycles. The molecule has 226 valence electrons. The lowest BCUT2D eigenvalue weighted by molar-refractivity contribution is -0.169. The molecule has 0 spiro atoms. The van der Waals surface area contributed by atoms with Crippen molar-refractivity contribution in [1.29, 1.82) is 0 Å². The molecular formula is C29H33Cl3N4O5S. The first-order chi connectivity index (χ1) is 19.9. The van der Waals surface area contributed by atoms with Gasteiger partial charge in [0.25, 0.3) is 0 Å². The van der Waals surface area contributed by atoms with E-state index in [0.717, 1.165) is 12.8 Å². The van der Waals surface area contributed by atoms with Gasteiger partial charge in [-0.25, -0.2) is 8.42 Å². The third-order valence-electron chi connectivity index (χ3n) is 8.30. The number of sulfonamides is 1. The van der Waals surface area contributed by atoms with Crippen LogP contribution in [0.4, 0.5) is 0 Å². The Hall–Kier alpha value is -2.37. The van der Waals surface area contributed by atoms with Crippen LogP contribution in [0.2, 0.25) is 15.1 Å². The summed E-state index contributed by atoms with van der Waals surface area (Å²) in [6.45, 7) is 3.34. The maximum atomic E-state index is 14.3. The van der Waals surface area contributed by atoms with Crippen molar-refractivity contribution in [3.63, 3.8) is 0 Å². The van der Waals surface area contributed by atoms with Crippen LogP contribution in [-0.4, -0.2) is 77.6 Å². The Bertz CT molecular complexity index is 1500. The molecule has 3 aliphatic rings. The van der Waals surface area contributed by atoms with Crippen molar-refractivity contribution in [2.45, 2.75) is 75.1 Å². The zero-order valence-electron chi connectivity index (χ0n) is 23.3. The highest BCUT2D eigenvalue weighted by molar-refractivity contribution is 7.89. The normalized spacial score (nSPS) is 23.9. The van der Waals surface area contributed by atoms with Crippen molar-refractivity contribution in [2.24, 2.45) is 5.92 Å². The first-order valence-electron chi connectivity index (χ1n) is 14.0. The van der Waals surface area contributed by atoms with Crippen LogP contribution in [0, 0.1) is 5.92 Å². The van der Waals surface area contributed by atoms with E-state index in [9.17, 15) is 22.8 Å². The first-order valence-corrected chi connectivity index (χ1v) is 16.6. The van der Waals surface area contributed by atoms with Crippen molar-refractivity contribution in [1.82, 2.24) is 19.4 Å². The highest BCUT2D eigenvalue weighted by Gasteiger charge is 2.54. The van der Waals surface area contributed by atoms with Crippen LogP contribution in [0.15, 0.2) is 47.4 Å². The molecule has 3 unspecified atom stereocenters. The fourth-order valence-electron chi connectivity index (χ4n) is 6.15. The number of hydrogen-bond acceptors (Lipinski definition) is 5. The van der Waals surface area contributed by atoms with Gasteiger partial charge in [-0.2, -0.15) is 4.31 Å². The average molecular weight is 656 g/mol. The molecule has 0 radical (unpaired) electrons. The standard InChI is InChI=1S/C29H33Cl3N4O5S/c1-17(2)34-16-26-35(42(40,41)25-11-10-21(31)14-22(25)32)15-23(33-27(37)19-7-3-4-8-19)28(38)36(26)24(29(34)39)13-18-6-5-9-20(30)12-18/h5-6,9-12,14,17,19,23-24,26H,3-4,7-8,13,15-16H2,1-2H3,(H,33,37). The van der Waals surface area contributed by atoms with Crippen LogP contribution in [0.5, 0.6) is 0 Å². The molecule has 13 heteroatoms. The van der Waals surface area contributed by atoms with Gasteiger partial charge in [0.1, 0.15) is 23.1 Å². The molecule has 0 aromatic heterocycles. The van der Waals surface area contributed by atoms with Crippen molar-refractivity contribution < 1.29 is 22.8 Å². The zero-order chi connectivity index (χ0) is 30.3. The van der Waals surface area contributed by atoms with Crippen LogP contribution >= 0.6 is 34.8 Å². The van der Waals surface area contributed by atoms with E-state index in [-0.39, 0.29) is 58.2 Å². The molecule has 2 aliphatic heterocycles. The van der Waals surface area contributed by atoms with E-state index >= 15 is 0 Å². The van der Waals surface area contributed by atoms with Gasteiger partial charge in [-0.1, -0.05) is 59.8 Å². The van der Waals surface area contributed by atoms with Gasteiger partial charge in [0.2, 0.25) is 27.7 Å². The van der Waals surface area contributed by atoms with Gasteiger partial charge in [-0.05, 0) is 62.6 Å². The third kappa shape index (κ3) is 6.01. The minimum Gasteiger partial charge on any atom is -0.343 e. The molecule has 1 aliphatic carbocycles. The summed E-state index contributed by atoms with van der Waals surface area (Å²) in [7, 11) is -4.32. The van der Waals surface area contributed by atoms with Gasteiger partial charge in [0.15, 0.2) is 0 Å². The Morgan fingerprint density at radius 3 is 2.31 bits per heavy atom. The number of amides is 3. The second kappa shape index (κ2) is 12.3. The summed E-state index contributed by atoms with van der Waals surface area (Å²) in [6.07, 6.45) is 2.34. The summed E-state index contributed by atoms with van der Waals surface area (Å²) < 4.78 is 29.7. The average Bonchev–Trinajstić information content (AvgIpc) is 3.46. The molecule has 3 fully saturated rings. The number of fused-ring (bicyclic) bond motifs is 1. The van der Waals surface area contributed by atoms with Gasteiger partial charge in [0, 0.05) is 35.0 Å². The van der Waals surface area contributed by atoms with E-state index < -0.39 is 34.2 Å². The molecule has 2 aromatic rings. The van der Waals surface area contributed by atoms with Crippen molar-refractivity contribution in [3.8, 4) is 0 Å². The SMILES string of the molecule is CC(C)N1CC2N(C(=O)C(NC(=O)C3CCCC3)CN2S(=O)(=O)c2ccc(Cl)cc2Cl)C(Cc2cccc(Cl)c2)C1=O. The maximum absolute atomic E-state index is 14.3. The lowest BCUT2D eigenvalue weighted by atomic mass is 9.96. The summed E-state index contributed by atoms with van der Waals surface area (Å²) in [5, 5.41) is 3.50. The molecule has 1 N–H and O–H groups in total. The Morgan fingerprint density at radius 2 is 1.67 bits per heavy atom. The highest BCUT2D eigenvalue weighted by Crippen LogP contribution is 2.35. The zero-order valence-corrected chi connectivity index (χ0v) is 26.4. The van der Waals surface area contributed by atoms with Crippen LogP contribution in [0.1, 0.15) is 45.1 Å². The minimum absolute atomic E-state index is 0.0397. The van der Waals surface area contributed by atoms with Crippen LogP contribution in [-0.2, 0) is 30.8 Å². The number of hydrogen-bond donors (Lipinski definition) is 1. The lowest BCUT2D eigenvalue weighted by Gasteiger charge is -2.54. The van der Waals surface area contributed by atoms with Gasteiger partial charge in [-0.3, -0.25) is 14.4 Å². The van der Waals surface area contributed by atoms with Gasteiger partial charge in [0.05, 0.1) is 11.6 Å². The van der Waals surface area contributed by atoms with E-state index in [0.29, 0.717) is 23.4 Å². The van der Waals surface area contributed by atoms with Crippen LogP contribution in [0.3, 0.4) is 0 Å². The molecule has 5 rings (SSSR count). The van der Waals surface area contributed by atoms with Crippen molar-refractivity contribution in [2.75, 3.05) is 13.1 Å². The Labute approximate surface area is 261 Å². The van der Waals surface area contributed by atoms with E-state index in [2.05, 4.69) is 5.32 Å². The summed E-state index contributed by atoms with van der Waals surface area (Å²) in [5.74, 6) is -1.33. The maximum Gasteiger partial charge on any atom is 0.248 e. The van der Waals surface area contributed by atoms with Crippen molar-refractivity contribution in [3.05, 3.63) is 63.1 Å². The lowest BCUT2D eigenvalue weighted by Crippen LogP contribution is -2.76. The second-order valence-electron chi connectivity index (χ2n) is 11.4. The Balaban J connectivity index is 1.60. The topological polar surface area (TPSA) is 107 Å². The number of nitrogens with zero attached hydrogens (tertiary/aromatic N) is 3. The fraction of sp³-hybridized carbons (Fsp3) is 0.483. The predicted octanol–water partition coefficient (Wildman–Crippen LogP) is 4.34. The number of benzene rings is 2. The van der Waals surface area contributed by atoms with E-state index in [1.54, 1.807) is 29.2 Å². The van der Waals surface area contributed by atoms with Gasteiger partial charge in [-0.15, -0.1) is 0 Å². The molecule has 3 amide bonds.